The van der Waals surface area contributed by atoms with Crippen LogP contribution in [-0.4, -0.2) is 21.0 Å². The Morgan fingerprint density at radius 2 is 2.00 bits per heavy atom. The molecule has 0 unspecified atom stereocenters. The number of hydrogen-bond donors (Lipinski definition) is 2. The van der Waals surface area contributed by atoms with E-state index in [1.165, 1.54) is 0 Å². The quantitative estimate of drug-likeness (QED) is 0.728. The summed E-state index contributed by atoms with van der Waals surface area (Å²) >= 11 is 0. The summed E-state index contributed by atoms with van der Waals surface area (Å²) in [7, 11) is 0. The third-order valence-corrected chi connectivity index (χ3v) is 1.59. The molecular weight excluding hydrogens is 180 g/mol. The number of carboxylic acids is 1. The summed E-state index contributed by atoms with van der Waals surface area (Å²) in [6.07, 6.45) is 0. The molecule has 0 radical (unpaired) electrons. The van der Waals surface area contributed by atoms with Crippen molar-refractivity contribution in [2.24, 2.45) is 0 Å². The number of nitrogens with one attached hydrogen (secondary N) is 1. The highest BCUT2D eigenvalue weighted by molar-refractivity contribution is 5.88. The lowest BCUT2D eigenvalue weighted by Gasteiger charge is -1.81. The van der Waals surface area contributed by atoms with Gasteiger partial charge in [0.05, 0.1) is 11.0 Å². The van der Waals surface area contributed by atoms with Gasteiger partial charge in [0, 0.05) is 0 Å². The number of para-hydroxylation sites is 2. The highest BCUT2D eigenvalue weighted by Crippen LogP contribution is 2.09. The van der Waals surface area contributed by atoms with Gasteiger partial charge in [-0.25, -0.2) is 9.78 Å². The second kappa shape index (κ2) is 4.41. The molecule has 2 N–H and O–H groups in total. The lowest BCUT2D eigenvalue weighted by Crippen LogP contribution is -1.97. The molecular formula is C10H12N2O2. The number of aromatic nitrogens is 2. The van der Waals surface area contributed by atoms with Gasteiger partial charge in [-0.05, 0) is 12.1 Å². The van der Waals surface area contributed by atoms with Gasteiger partial charge in [-0.3, -0.25) is 0 Å². The van der Waals surface area contributed by atoms with Crippen LogP contribution in [-0.2, 0) is 0 Å². The van der Waals surface area contributed by atoms with Crippen molar-refractivity contribution < 1.29 is 9.90 Å². The molecule has 0 fully saturated rings. The van der Waals surface area contributed by atoms with E-state index in [-0.39, 0.29) is 5.82 Å². The molecule has 1 aromatic heterocycles. The summed E-state index contributed by atoms with van der Waals surface area (Å²) in [5.74, 6) is -1.05. The summed E-state index contributed by atoms with van der Waals surface area (Å²) in [5, 5.41) is 8.59. The van der Waals surface area contributed by atoms with Crippen LogP contribution in [0.5, 0.6) is 0 Å². The van der Waals surface area contributed by atoms with Crippen LogP contribution in [0.1, 0.15) is 24.5 Å². The fourth-order valence-corrected chi connectivity index (χ4v) is 1.05. The molecule has 2 aromatic rings. The molecule has 4 nitrogen and oxygen atoms in total. The Morgan fingerprint density at radius 1 is 1.36 bits per heavy atom. The minimum atomic E-state index is -1.04. The number of benzene rings is 1. The summed E-state index contributed by atoms with van der Waals surface area (Å²) < 4.78 is 0. The molecule has 0 aliphatic carbocycles. The first-order chi connectivity index (χ1) is 6.77. The first-order valence-corrected chi connectivity index (χ1v) is 4.45. The van der Waals surface area contributed by atoms with Gasteiger partial charge in [-0.15, -0.1) is 0 Å². The number of imidazole rings is 1. The van der Waals surface area contributed by atoms with E-state index in [1.54, 1.807) is 12.1 Å². The number of nitrogens with zero attached hydrogens (tertiary/aromatic N) is 1. The maximum absolute atomic E-state index is 10.5. The topological polar surface area (TPSA) is 66.0 Å². The molecule has 0 amide bonds. The van der Waals surface area contributed by atoms with E-state index in [1.807, 2.05) is 26.0 Å². The third kappa shape index (κ3) is 1.90. The van der Waals surface area contributed by atoms with Crippen LogP contribution in [0.2, 0.25) is 0 Å². The van der Waals surface area contributed by atoms with Crippen molar-refractivity contribution in [1.29, 1.82) is 0 Å². The van der Waals surface area contributed by atoms with Crippen molar-refractivity contribution in [2.75, 3.05) is 0 Å². The van der Waals surface area contributed by atoms with Crippen molar-refractivity contribution in [3.63, 3.8) is 0 Å². The lowest BCUT2D eigenvalue weighted by atomic mass is 10.3. The van der Waals surface area contributed by atoms with Gasteiger partial charge in [0.15, 0.2) is 0 Å². The van der Waals surface area contributed by atoms with E-state index in [0.717, 1.165) is 5.52 Å². The SMILES string of the molecule is CC.O=C(O)c1nc2ccccc2[nH]1. The van der Waals surface area contributed by atoms with Gasteiger partial charge in [0.2, 0.25) is 5.82 Å². The molecule has 0 saturated heterocycles. The van der Waals surface area contributed by atoms with Crippen LogP contribution in [0.4, 0.5) is 0 Å². The normalized spacial score (nSPS) is 9.29. The molecule has 0 spiro atoms. The van der Waals surface area contributed by atoms with E-state index in [4.69, 9.17) is 5.11 Å². The van der Waals surface area contributed by atoms with E-state index in [0.29, 0.717) is 5.52 Å². The summed E-state index contributed by atoms with van der Waals surface area (Å²) in [5.41, 5.74) is 1.42. The van der Waals surface area contributed by atoms with Crippen LogP contribution in [0.3, 0.4) is 0 Å². The number of fused-ring (bicyclic) bond motifs is 1. The first kappa shape index (κ1) is 10.2. The van der Waals surface area contributed by atoms with Crippen molar-refractivity contribution in [3.05, 3.63) is 30.1 Å². The molecule has 1 heterocycles. The molecule has 0 atom stereocenters. The van der Waals surface area contributed by atoms with E-state index in [9.17, 15) is 4.79 Å². The van der Waals surface area contributed by atoms with Crippen LogP contribution in [0.25, 0.3) is 11.0 Å². The number of rotatable bonds is 1. The number of aromatic amines is 1. The molecule has 2 rings (SSSR count). The summed E-state index contributed by atoms with van der Waals surface area (Å²) in [6, 6.07) is 7.19. The van der Waals surface area contributed by atoms with Crippen LogP contribution in [0.15, 0.2) is 24.3 Å². The van der Waals surface area contributed by atoms with Crippen LogP contribution >= 0.6 is 0 Å². The van der Waals surface area contributed by atoms with Gasteiger partial charge in [-0.1, -0.05) is 26.0 Å². The number of hydrogen-bond acceptors (Lipinski definition) is 2. The highest BCUT2D eigenvalue weighted by Gasteiger charge is 2.07. The maximum atomic E-state index is 10.5. The second-order valence-electron chi connectivity index (χ2n) is 2.41. The largest absolute Gasteiger partial charge is 0.475 e. The number of carbonyl (C=O) groups is 1. The predicted octanol–water partition coefficient (Wildman–Crippen LogP) is 2.29. The van der Waals surface area contributed by atoms with Crippen molar-refractivity contribution in [3.8, 4) is 0 Å². The Balaban J connectivity index is 0.000000461. The summed E-state index contributed by atoms with van der Waals surface area (Å²) in [6.45, 7) is 4.00. The molecule has 0 bridgehead atoms. The van der Waals surface area contributed by atoms with Gasteiger partial charge in [0.1, 0.15) is 0 Å². The zero-order valence-corrected chi connectivity index (χ0v) is 8.11. The monoisotopic (exact) mass is 192 g/mol. The Labute approximate surface area is 81.6 Å². The van der Waals surface area contributed by atoms with Gasteiger partial charge < -0.3 is 10.1 Å². The van der Waals surface area contributed by atoms with E-state index in [2.05, 4.69) is 9.97 Å². The Morgan fingerprint density at radius 3 is 2.57 bits per heavy atom. The zero-order valence-electron chi connectivity index (χ0n) is 8.11. The Hall–Kier alpha value is -1.84. The van der Waals surface area contributed by atoms with Gasteiger partial charge in [-0.2, -0.15) is 0 Å². The average molecular weight is 192 g/mol. The standard InChI is InChI=1S/C8H6N2O2.C2H6/c11-8(12)7-9-5-3-1-2-4-6(5)10-7;1-2/h1-4H,(H,9,10)(H,11,12);1-2H3. The molecule has 14 heavy (non-hydrogen) atoms. The van der Waals surface area contributed by atoms with E-state index < -0.39 is 5.97 Å². The van der Waals surface area contributed by atoms with Gasteiger partial charge in [0.25, 0.3) is 0 Å². The maximum Gasteiger partial charge on any atom is 0.371 e. The second-order valence-corrected chi connectivity index (χ2v) is 2.41. The molecule has 0 aliphatic heterocycles. The van der Waals surface area contributed by atoms with E-state index >= 15 is 0 Å². The highest BCUT2D eigenvalue weighted by atomic mass is 16.4. The lowest BCUT2D eigenvalue weighted by molar-refractivity contribution is 0.0685. The third-order valence-electron chi connectivity index (χ3n) is 1.59. The number of carboxylic acid groups (broad SMARTS) is 1. The zero-order chi connectivity index (χ0) is 10.6. The minimum Gasteiger partial charge on any atom is -0.475 e. The minimum absolute atomic E-state index is 0.0174. The number of H-pyrrole nitrogens is 1. The molecule has 74 valence electrons. The fraction of sp³-hybridized carbons (Fsp3) is 0.200. The number of aromatic carboxylic acids is 1. The first-order valence-electron chi connectivity index (χ1n) is 4.45. The van der Waals surface area contributed by atoms with Crippen LogP contribution in [0, 0.1) is 0 Å². The molecule has 0 aliphatic rings. The van der Waals surface area contributed by atoms with Gasteiger partial charge >= 0.3 is 5.97 Å². The van der Waals surface area contributed by atoms with Crippen molar-refractivity contribution in [2.45, 2.75) is 13.8 Å². The smallest absolute Gasteiger partial charge is 0.371 e. The predicted molar refractivity (Wildman–Crippen MR) is 54.4 cm³/mol. The Kier molecular flexibility index (Phi) is 3.23. The fourth-order valence-electron chi connectivity index (χ4n) is 1.05. The Bertz CT molecular complexity index is 401. The molecule has 4 heteroatoms. The average Bonchev–Trinajstić information content (AvgIpc) is 2.64. The molecule has 0 saturated carbocycles. The van der Waals surface area contributed by atoms with Crippen LogP contribution < -0.4 is 0 Å². The summed E-state index contributed by atoms with van der Waals surface area (Å²) in [4.78, 5) is 17.0. The molecule has 1 aromatic carbocycles. The van der Waals surface area contributed by atoms with Crippen molar-refractivity contribution >= 4 is 17.0 Å². The van der Waals surface area contributed by atoms with Crippen molar-refractivity contribution in [1.82, 2.24) is 9.97 Å².